The molecule has 1 aromatic rings. The van der Waals surface area contributed by atoms with Crippen LogP contribution in [0.4, 0.5) is 0 Å². The highest BCUT2D eigenvalue weighted by molar-refractivity contribution is 6.33. The van der Waals surface area contributed by atoms with Crippen LogP contribution in [0, 0.1) is 13.8 Å². The average molecular weight is 256 g/mol. The maximum atomic E-state index is 12.0. The third-order valence-electron chi connectivity index (χ3n) is 3.53. The number of hydrogen-bond acceptors (Lipinski definition) is 1. The van der Waals surface area contributed by atoms with E-state index in [2.05, 4.69) is 25.3 Å². The lowest BCUT2D eigenvalue weighted by Crippen LogP contribution is -2.27. The quantitative estimate of drug-likeness (QED) is 0.587. The fraction of sp³-hybridized carbons (Fsp3) is 0.643. The molecule has 0 aliphatic rings. The number of alkyl halides is 1. The van der Waals surface area contributed by atoms with E-state index >= 15 is 0 Å². The molecule has 1 heterocycles. The average Bonchev–Trinajstić information content (AvgIpc) is 2.53. The molecule has 1 aromatic heterocycles. The lowest BCUT2D eigenvalue weighted by Gasteiger charge is -2.29. The zero-order valence-corrected chi connectivity index (χ0v) is 12.4. The SMILES string of the molecule is CCC(C)(C)n1c(C)cc(C(=O)C(C)Cl)c1C. The topological polar surface area (TPSA) is 22.0 Å². The van der Waals surface area contributed by atoms with Crippen molar-refractivity contribution in [3.8, 4) is 0 Å². The Labute approximate surface area is 109 Å². The van der Waals surface area contributed by atoms with Crippen molar-refractivity contribution in [2.75, 3.05) is 0 Å². The summed E-state index contributed by atoms with van der Waals surface area (Å²) in [6, 6.07) is 1.95. The first kappa shape index (κ1) is 14.3. The van der Waals surface area contributed by atoms with Crippen molar-refractivity contribution in [1.29, 1.82) is 0 Å². The van der Waals surface area contributed by atoms with Crippen LogP contribution in [0.1, 0.15) is 55.9 Å². The maximum Gasteiger partial charge on any atom is 0.182 e. The van der Waals surface area contributed by atoms with Gasteiger partial charge >= 0.3 is 0 Å². The van der Waals surface area contributed by atoms with E-state index in [-0.39, 0.29) is 11.3 Å². The van der Waals surface area contributed by atoms with E-state index in [0.29, 0.717) is 0 Å². The number of hydrogen-bond donors (Lipinski definition) is 0. The molecule has 0 spiro atoms. The van der Waals surface area contributed by atoms with Crippen molar-refractivity contribution in [3.05, 3.63) is 23.0 Å². The number of carbonyl (C=O) groups excluding carboxylic acids is 1. The Kier molecular flexibility index (Phi) is 4.08. The van der Waals surface area contributed by atoms with E-state index in [1.54, 1.807) is 6.92 Å². The predicted octanol–water partition coefficient (Wildman–Crippen LogP) is 4.06. The van der Waals surface area contributed by atoms with Crippen molar-refractivity contribution < 1.29 is 4.79 Å². The summed E-state index contributed by atoms with van der Waals surface area (Å²) in [6.07, 6.45) is 1.02. The standard InChI is InChI=1S/C14H22ClNO/c1-7-14(5,6)16-9(2)8-12(11(16)4)13(17)10(3)15/h8,10H,7H2,1-6H3. The van der Waals surface area contributed by atoms with Crippen molar-refractivity contribution in [2.45, 2.75) is 58.9 Å². The molecule has 0 amide bonds. The van der Waals surface area contributed by atoms with Crippen molar-refractivity contribution in [1.82, 2.24) is 4.57 Å². The monoisotopic (exact) mass is 255 g/mol. The second-order valence-electron chi connectivity index (χ2n) is 5.27. The first-order valence-corrected chi connectivity index (χ1v) is 6.53. The van der Waals surface area contributed by atoms with Gasteiger partial charge in [0.1, 0.15) is 0 Å². The summed E-state index contributed by atoms with van der Waals surface area (Å²) in [5, 5.41) is -0.464. The second-order valence-corrected chi connectivity index (χ2v) is 5.92. The summed E-state index contributed by atoms with van der Waals surface area (Å²) in [5.74, 6) is 0.0120. The summed E-state index contributed by atoms with van der Waals surface area (Å²) in [5.41, 5.74) is 2.93. The minimum Gasteiger partial charge on any atom is -0.343 e. The highest BCUT2D eigenvalue weighted by Gasteiger charge is 2.26. The minimum atomic E-state index is -0.464. The van der Waals surface area contributed by atoms with Gasteiger partial charge < -0.3 is 4.57 Å². The Hall–Kier alpha value is -0.760. The zero-order chi connectivity index (χ0) is 13.4. The fourth-order valence-corrected chi connectivity index (χ4v) is 2.43. The van der Waals surface area contributed by atoms with Gasteiger partial charge in [0.15, 0.2) is 5.78 Å². The Morgan fingerprint density at radius 3 is 2.41 bits per heavy atom. The molecule has 0 saturated carbocycles. The molecule has 0 N–H and O–H groups in total. The minimum absolute atomic E-state index is 0.0120. The Morgan fingerprint density at radius 2 is 2.00 bits per heavy atom. The molecule has 1 unspecified atom stereocenters. The van der Waals surface area contributed by atoms with Crippen LogP contribution in [0.3, 0.4) is 0 Å². The number of halogens is 1. The zero-order valence-electron chi connectivity index (χ0n) is 11.6. The largest absolute Gasteiger partial charge is 0.343 e. The molecule has 0 aromatic carbocycles. The van der Waals surface area contributed by atoms with Gasteiger partial charge in [0.25, 0.3) is 0 Å². The van der Waals surface area contributed by atoms with Gasteiger partial charge in [-0.05, 0) is 47.1 Å². The Balaban J connectivity index is 3.34. The number of rotatable bonds is 4. The first-order valence-electron chi connectivity index (χ1n) is 6.10. The summed E-state index contributed by atoms with van der Waals surface area (Å²) in [6.45, 7) is 12.3. The molecule has 96 valence electrons. The molecule has 3 heteroatoms. The summed E-state index contributed by atoms with van der Waals surface area (Å²) >= 11 is 5.89. The smallest absolute Gasteiger partial charge is 0.182 e. The number of aryl methyl sites for hydroxylation is 1. The fourth-order valence-electron chi connectivity index (χ4n) is 2.32. The Bertz CT molecular complexity index is 430. The van der Waals surface area contributed by atoms with Crippen molar-refractivity contribution in [3.63, 3.8) is 0 Å². The second kappa shape index (κ2) is 4.85. The van der Waals surface area contributed by atoms with E-state index in [1.165, 1.54) is 0 Å². The van der Waals surface area contributed by atoms with Gasteiger partial charge in [0.05, 0.1) is 5.38 Å². The van der Waals surface area contributed by atoms with Crippen LogP contribution in [0.15, 0.2) is 6.07 Å². The van der Waals surface area contributed by atoms with Crippen LogP contribution in [0.2, 0.25) is 0 Å². The third-order valence-corrected chi connectivity index (χ3v) is 3.73. The van der Waals surface area contributed by atoms with E-state index in [4.69, 9.17) is 11.6 Å². The molecular weight excluding hydrogens is 234 g/mol. The molecule has 0 radical (unpaired) electrons. The van der Waals surface area contributed by atoms with Gasteiger partial charge in [-0.3, -0.25) is 4.79 Å². The van der Waals surface area contributed by atoms with Crippen LogP contribution >= 0.6 is 11.6 Å². The van der Waals surface area contributed by atoms with Gasteiger partial charge in [-0.2, -0.15) is 0 Å². The highest BCUT2D eigenvalue weighted by atomic mass is 35.5. The van der Waals surface area contributed by atoms with Crippen LogP contribution in [-0.4, -0.2) is 15.7 Å². The summed E-state index contributed by atoms with van der Waals surface area (Å²) in [4.78, 5) is 12.0. The number of ketones is 1. The maximum absolute atomic E-state index is 12.0. The Morgan fingerprint density at radius 1 is 1.47 bits per heavy atom. The van der Waals surface area contributed by atoms with E-state index in [1.807, 2.05) is 19.9 Å². The number of nitrogens with zero attached hydrogens (tertiary/aromatic N) is 1. The van der Waals surface area contributed by atoms with Crippen molar-refractivity contribution in [2.24, 2.45) is 0 Å². The molecular formula is C14H22ClNO. The molecule has 0 saturated heterocycles. The van der Waals surface area contributed by atoms with Crippen LogP contribution in [-0.2, 0) is 5.54 Å². The van der Waals surface area contributed by atoms with Crippen LogP contribution < -0.4 is 0 Å². The normalized spacial score (nSPS) is 13.8. The van der Waals surface area contributed by atoms with Gasteiger partial charge in [-0.25, -0.2) is 0 Å². The van der Waals surface area contributed by atoms with Gasteiger partial charge in [-0.1, -0.05) is 6.92 Å². The number of Topliss-reactive ketones (excluding diaryl/α,β-unsaturated/α-hetero) is 1. The van der Waals surface area contributed by atoms with E-state index in [0.717, 1.165) is 23.4 Å². The molecule has 17 heavy (non-hydrogen) atoms. The lowest BCUT2D eigenvalue weighted by molar-refractivity contribution is 0.0991. The summed E-state index contributed by atoms with van der Waals surface area (Å²) < 4.78 is 2.24. The number of carbonyl (C=O) groups is 1. The van der Waals surface area contributed by atoms with Gasteiger partial charge in [-0.15, -0.1) is 11.6 Å². The molecule has 1 rings (SSSR count). The molecule has 1 atom stereocenters. The van der Waals surface area contributed by atoms with Crippen LogP contribution in [0.25, 0.3) is 0 Å². The van der Waals surface area contributed by atoms with E-state index < -0.39 is 5.38 Å². The lowest BCUT2D eigenvalue weighted by atomic mass is 10.0. The summed E-state index contributed by atoms with van der Waals surface area (Å²) in [7, 11) is 0. The van der Waals surface area contributed by atoms with Gasteiger partial charge in [0.2, 0.25) is 0 Å². The molecule has 2 nitrogen and oxygen atoms in total. The third kappa shape index (κ3) is 2.57. The van der Waals surface area contributed by atoms with E-state index in [9.17, 15) is 4.79 Å². The highest BCUT2D eigenvalue weighted by Crippen LogP contribution is 2.28. The molecule has 0 aliphatic heterocycles. The molecule has 0 bridgehead atoms. The predicted molar refractivity (Wildman–Crippen MR) is 73.2 cm³/mol. The molecule has 0 fully saturated rings. The van der Waals surface area contributed by atoms with Gasteiger partial charge in [0, 0.05) is 22.5 Å². The number of aromatic nitrogens is 1. The molecule has 0 aliphatic carbocycles. The van der Waals surface area contributed by atoms with Crippen molar-refractivity contribution >= 4 is 17.4 Å². The van der Waals surface area contributed by atoms with Crippen LogP contribution in [0.5, 0.6) is 0 Å². The first-order chi connectivity index (χ1) is 7.72.